The minimum atomic E-state index is -4.46. The molecule has 0 aliphatic rings. The molecule has 0 saturated heterocycles. The minimum Gasteiger partial charge on any atom is -0.381 e. The van der Waals surface area contributed by atoms with Crippen molar-refractivity contribution in [2.75, 3.05) is 18.4 Å². The van der Waals surface area contributed by atoms with Crippen molar-refractivity contribution in [2.24, 2.45) is 0 Å². The fraction of sp³-hybridized carbons (Fsp3) is 0.538. The van der Waals surface area contributed by atoms with Gasteiger partial charge in [0.05, 0.1) is 11.3 Å². The second-order valence-electron chi connectivity index (χ2n) is 5.30. The Morgan fingerprint density at radius 3 is 2.21 bits per heavy atom. The fourth-order valence-corrected chi connectivity index (χ4v) is 1.47. The van der Waals surface area contributed by atoms with Crippen molar-refractivity contribution in [3.63, 3.8) is 0 Å². The van der Waals surface area contributed by atoms with E-state index in [1.165, 1.54) is 0 Å². The van der Waals surface area contributed by atoms with Gasteiger partial charge in [-0.15, -0.1) is 0 Å². The Morgan fingerprint density at radius 2 is 1.68 bits per heavy atom. The molecule has 0 aliphatic heterocycles. The summed E-state index contributed by atoms with van der Waals surface area (Å²) < 4.78 is 50.8. The summed E-state index contributed by atoms with van der Waals surface area (Å²) in [7, 11) is 0. The van der Waals surface area contributed by atoms with Crippen molar-refractivity contribution in [1.82, 2.24) is 5.32 Å². The summed E-state index contributed by atoms with van der Waals surface area (Å²) in [6.45, 7) is 6.78. The molecule has 0 heterocycles. The Morgan fingerprint density at radius 1 is 1.05 bits per heavy atom. The lowest BCUT2D eigenvalue weighted by atomic mass is 10.1. The monoisotopic (exact) mass is 278 g/mol. The zero-order valence-electron chi connectivity index (χ0n) is 11.2. The van der Waals surface area contributed by atoms with Crippen LogP contribution in [-0.4, -0.2) is 18.6 Å². The zero-order valence-corrected chi connectivity index (χ0v) is 11.2. The average molecular weight is 278 g/mol. The molecule has 0 amide bonds. The van der Waals surface area contributed by atoms with E-state index in [2.05, 4.69) is 10.6 Å². The molecular weight excluding hydrogens is 260 g/mol. The van der Waals surface area contributed by atoms with Crippen LogP contribution in [0.1, 0.15) is 26.3 Å². The Hall–Kier alpha value is -1.30. The van der Waals surface area contributed by atoms with E-state index in [0.717, 1.165) is 18.2 Å². The quantitative estimate of drug-likeness (QED) is 0.649. The highest BCUT2D eigenvalue weighted by Gasteiger charge is 2.31. The topological polar surface area (TPSA) is 24.1 Å². The molecule has 2 nitrogen and oxygen atoms in total. The molecule has 0 radical (unpaired) electrons. The average Bonchev–Trinajstić information content (AvgIpc) is 2.23. The number of rotatable bonds is 4. The standard InChI is InChI=1S/C13H18F4N2/c1-12(2,3)19-7-6-18-11-8-9(13(15,16)17)4-5-10(11)14/h4-5,8,18-19H,6-7H2,1-3H3. The first kappa shape index (κ1) is 15.8. The van der Waals surface area contributed by atoms with E-state index in [0.29, 0.717) is 13.1 Å². The Labute approximate surface area is 110 Å². The summed E-state index contributed by atoms with van der Waals surface area (Å²) in [6, 6.07) is 2.34. The first-order chi connectivity index (χ1) is 8.59. The number of anilines is 1. The number of benzene rings is 1. The summed E-state index contributed by atoms with van der Waals surface area (Å²) in [5.41, 5.74) is -1.08. The van der Waals surface area contributed by atoms with E-state index in [-0.39, 0.29) is 11.2 Å². The molecule has 0 saturated carbocycles. The van der Waals surface area contributed by atoms with Gasteiger partial charge in [-0.25, -0.2) is 4.39 Å². The maximum absolute atomic E-state index is 13.4. The molecule has 108 valence electrons. The molecule has 0 unspecified atom stereocenters. The van der Waals surface area contributed by atoms with Crippen LogP contribution < -0.4 is 10.6 Å². The van der Waals surface area contributed by atoms with E-state index in [1.807, 2.05) is 20.8 Å². The van der Waals surface area contributed by atoms with Crippen molar-refractivity contribution in [1.29, 1.82) is 0 Å². The molecule has 0 fully saturated rings. The fourth-order valence-electron chi connectivity index (χ4n) is 1.47. The van der Waals surface area contributed by atoms with Crippen LogP contribution in [0.25, 0.3) is 0 Å². The molecule has 0 aliphatic carbocycles. The SMILES string of the molecule is CC(C)(C)NCCNc1cc(C(F)(F)F)ccc1F. The summed E-state index contributed by atoms with van der Waals surface area (Å²) in [6.07, 6.45) is -4.46. The maximum Gasteiger partial charge on any atom is 0.416 e. The van der Waals surface area contributed by atoms with E-state index in [4.69, 9.17) is 0 Å². The highest BCUT2D eigenvalue weighted by atomic mass is 19.4. The molecule has 2 N–H and O–H groups in total. The van der Waals surface area contributed by atoms with Gasteiger partial charge in [0, 0.05) is 18.6 Å². The van der Waals surface area contributed by atoms with Gasteiger partial charge in [-0.3, -0.25) is 0 Å². The van der Waals surface area contributed by atoms with Crippen LogP contribution in [0.3, 0.4) is 0 Å². The summed E-state index contributed by atoms with van der Waals surface area (Å²) in [5.74, 6) is -0.691. The van der Waals surface area contributed by atoms with Gasteiger partial charge in [0.25, 0.3) is 0 Å². The second-order valence-corrected chi connectivity index (χ2v) is 5.30. The van der Waals surface area contributed by atoms with Gasteiger partial charge in [0.15, 0.2) is 0 Å². The summed E-state index contributed by atoms with van der Waals surface area (Å²) >= 11 is 0. The van der Waals surface area contributed by atoms with Crippen LogP contribution >= 0.6 is 0 Å². The predicted molar refractivity (Wildman–Crippen MR) is 67.6 cm³/mol. The normalized spacial score (nSPS) is 12.6. The van der Waals surface area contributed by atoms with Crippen LogP contribution in [0, 0.1) is 5.82 Å². The van der Waals surface area contributed by atoms with Gasteiger partial charge >= 0.3 is 6.18 Å². The lowest BCUT2D eigenvalue weighted by molar-refractivity contribution is -0.137. The molecule has 0 atom stereocenters. The third kappa shape index (κ3) is 5.46. The molecule has 6 heteroatoms. The molecule has 0 aromatic heterocycles. The Kier molecular flexibility index (Phi) is 4.79. The highest BCUT2D eigenvalue weighted by Crippen LogP contribution is 2.31. The van der Waals surface area contributed by atoms with Crippen molar-refractivity contribution >= 4 is 5.69 Å². The van der Waals surface area contributed by atoms with Crippen LogP contribution in [-0.2, 0) is 6.18 Å². The second kappa shape index (κ2) is 5.77. The third-order valence-corrected chi connectivity index (χ3v) is 2.39. The van der Waals surface area contributed by atoms with Gasteiger partial charge in [-0.05, 0) is 39.0 Å². The minimum absolute atomic E-state index is 0.0892. The van der Waals surface area contributed by atoms with Crippen LogP contribution in [0.15, 0.2) is 18.2 Å². The third-order valence-electron chi connectivity index (χ3n) is 2.39. The lowest BCUT2D eigenvalue weighted by Crippen LogP contribution is -2.38. The van der Waals surface area contributed by atoms with Gasteiger partial charge in [0.2, 0.25) is 0 Å². The Bertz CT molecular complexity index is 422. The van der Waals surface area contributed by atoms with Crippen molar-refractivity contribution in [2.45, 2.75) is 32.5 Å². The van der Waals surface area contributed by atoms with Crippen molar-refractivity contribution in [3.05, 3.63) is 29.6 Å². The highest BCUT2D eigenvalue weighted by molar-refractivity contribution is 5.48. The maximum atomic E-state index is 13.4. The summed E-state index contributed by atoms with van der Waals surface area (Å²) in [4.78, 5) is 0. The molecule has 1 aromatic carbocycles. The first-order valence-corrected chi connectivity index (χ1v) is 5.95. The summed E-state index contributed by atoms with van der Waals surface area (Å²) in [5, 5.41) is 5.81. The molecule has 1 rings (SSSR count). The zero-order chi connectivity index (χ0) is 14.7. The van der Waals surface area contributed by atoms with Gasteiger partial charge in [0.1, 0.15) is 5.82 Å². The van der Waals surface area contributed by atoms with Crippen molar-refractivity contribution < 1.29 is 17.6 Å². The number of hydrogen-bond acceptors (Lipinski definition) is 2. The lowest BCUT2D eigenvalue weighted by Gasteiger charge is -2.21. The van der Waals surface area contributed by atoms with E-state index >= 15 is 0 Å². The predicted octanol–water partition coefficient (Wildman–Crippen LogP) is 3.64. The van der Waals surface area contributed by atoms with Gasteiger partial charge in [-0.2, -0.15) is 13.2 Å². The molecule has 0 bridgehead atoms. The number of nitrogens with one attached hydrogen (secondary N) is 2. The van der Waals surface area contributed by atoms with Gasteiger partial charge < -0.3 is 10.6 Å². The van der Waals surface area contributed by atoms with Crippen LogP contribution in [0.5, 0.6) is 0 Å². The molecule has 1 aromatic rings. The molecule has 19 heavy (non-hydrogen) atoms. The first-order valence-electron chi connectivity index (χ1n) is 5.95. The Balaban J connectivity index is 2.63. The van der Waals surface area contributed by atoms with Crippen LogP contribution in [0.2, 0.25) is 0 Å². The molecule has 0 spiro atoms. The number of hydrogen-bond donors (Lipinski definition) is 2. The van der Waals surface area contributed by atoms with Crippen LogP contribution in [0.4, 0.5) is 23.2 Å². The largest absolute Gasteiger partial charge is 0.416 e. The van der Waals surface area contributed by atoms with Gasteiger partial charge in [-0.1, -0.05) is 0 Å². The number of halogens is 4. The van der Waals surface area contributed by atoms with E-state index in [9.17, 15) is 17.6 Å². The van der Waals surface area contributed by atoms with E-state index < -0.39 is 17.6 Å². The van der Waals surface area contributed by atoms with Crippen molar-refractivity contribution in [3.8, 4) is 0 Å². The smallest absolute Gasteiger partial charge is 0.381 e. The van der Waals surface area contributed by atoms with E-state index in [1.54, 1.807) is 0 Å². The number of alkyl halides is 3. The molecular formula is C13H18F4N2.